The summed E-state index contributed by atoms with van der Waals surface area (Å²) in [4.78, 5) is 0. The molecule has 2 atom stereocenters. The summed E-state index contributed by atoms with van der Waals surface area (Å²) >= 11 is 0. The zero-order chi connectivity index (χ0) is 11.3. The first-order valence-electron chi connectivity index (χ1n) is 5.70. The Balaban J connectivity index is 1.94. The predicted molar refractivity (Wildman–Crippen MR) is 59.3 cm³/mol. The van der Waals surface area contributed by atoms with E-state index in [1.165, 1.54) is 5.56 Å². The molecule has 0 saturated carbocycles. The van der Waals surface area contributed by atoms with Crippen LogP contribution >= 0.6 is 0 Å². The fraction of sp³-hybridized carbons (Fsp3) is 0.538. The Morgan fingerprint density at radius 2 is 1.88 bits per heavy atom. The summed E-state index contributed by atoms with van der Waals surface area (Å²) in [5.41, 5.74) is 2.20. The van der Waals surface area contributed by atoms with Crippen LogP contribution in [0.1, 0.15) is 25.0 Å². The van der Waals surface area contributed by atoms with E-state index in [0.29, 0.717) is 5.75 Å². The number of ether oxygens (including phenoxy) is 2. The largest absolute Gasteiger partial charge is 0.508 e. The van der Waals surface area contributed by atoms with Gasteiger partial charge in [0.1, 0.15) is 5.75 Å². The van der Waals surface area contributed by atoms with Crippen molar-refractivity contribution in [2.45, 2.75) is 44.7 Å². The van der Waals surface area contributed by atoms with Crippen LogP contribution in [0, 0.1) is 0 Å². The minimum atomic E-state index is -0.493. The SMILES string of the molecule is CC1(C)O[C@@H]2Cc3cccc(O)c3C[C@H]2O1. The van der Waals surface area contributed by atoms with E-state index in [2.05, 4.69) is 6.07 Å². The molecular weight excluding hydrogens is 204 g/mol. The molecule has 1 aliphatic carbocycles. The van der Waals surface area contributed by atoms with Gasteiger partial charge in [-0.05, 0) is 31.0 Å². The lowest BCUT2D eigenvalue weighted by Gasteiger charge is -2.25. The van der Waals surface area contributed by atoms with Gasteiger partial charge in [-0.15, -0.1) is 0 Å². The van der Waals surface area contributed by atoms with Crippen LogP contribution in [0.2, 0.25) is 0 Å². The Morgan fingerprint density at radius 3 is 2.62 bits per heavy atom. The zero-order valence-electron chi connectivity index (χ0n) is 9.56. The van der Waals surface area contributed by atoms with Crippen molar-refractivity contribution in [2.75, 3.05) is 0 Å². The lowest BCUT2D eigenvalue weighted by atomic mass is 9.87. The van der Waals surface area contributed by atoms with Gasteiger partial charge in [-0.1, -0.05) is 12.1 Å². The standard InChI is InChI=1S/C13H16O3/c1-13(2)15-11-6-8-4-3-5-10(14)9(8)7-12(11)16-13/h3-5,11-12,14H,6-7H2,1-2H3/t11-,12-/m1/s1. The molecule has 1 N–H and O–H groups in total. The third-order valence-electron chi connectivity index (χ3n) is 3.36. The molecule has 1 heterocycles. The van der Waals surface area contributed by atoms with E-state index in [-0.39, 0.29) is 12.2 Å². The number of rotatable bonds is 0. The highest BCUT2D eigenvalue weighted by Gasteiger charge is 2.44. The molecule has 16 heavy (non-hydrogen) atoms. The number of aromatic hydroxyl groups is 1. The molecule has 0 aromatic heterocycles. The zero-order valence-corrected chi connectivity index (χ0v) is 9.56. The second-order valence-corrected chi connectivity index (χ2v) is 5.04. The van der Waals surface area contributed by atoms with Gasteiger partial charge in [0.05, 0.1) is 12.2 Å². The molecule has 0 unspecified atom stereocenters. The molecule has 0 spiro atoms. The molecule has 1 aromatic carbocycles. The Hall–Kier alpha value is -1.06. The van der Waals surface area contributed by atoms with Gasteiger partial charge in [-0.3, -0.25) is 0 Å². The second-order valence-electron chi connectivity index (χ2n) is 5.04. The van der Waals surface area contributed by atoms with Crippen LogP contribution in [-0.4, -0.2) is 23.1 Å². The van der Waals surface area contributed by atoms with E-state index in [0.717, 1.165) is 18.4 Å². The number of hydrogen-bond acceptors (Lipinski definition) is 3. The van der Waals surface area contributed by atoms with Crippen molar-refractivity contribution >= 4 is 0 Å². The summed E-state index contributed by atoms with van der Waals surface area (Å²) in [6.45, 7) is 3.88. The Labute approximate surface area is 95.0 Å². The number of phenols is 1. The highest BCUT2D eigenvalue weighted by atomic mass is 16.7. The maximum Gasteiger partial charge on any atom is 0.163 e. The van der Waals surface area contributed by atoms with E-state index in [4.69, 9.17) is 9.47 Å². The fourth-order valence-corrected chi connectivity index (χ4v) is 2.72. The minimum absolute atomic E-state index is 0.0794. The maximum atomic E-state index is 9.81. The Morgan fingerprint density at radius 1 is 1.19 bits per heavy atom. The number of fused-ring (bicyclic) bond motifs is 2. The lowest BCUT2D eigenvalue weighted by Crippen LogP contribution is -2.32. The topological polar surface area (TPSA) is 38.7 Å². The van der Waals surface area contributed by atoms with Gasteiger partial charge < -0.3 is 14.6 Å². The quantitative estimate of drug-likeness (QED) is 0.727. The fourth-order valence-electron chi connectivity index (χ4n) is 2.72. The molecule has 0 amide bonds. The van der Waals surface area contributed by atoms with Gasteiger partial charge in [0, 0.05) is 12.8 Å². The molecular formula is C13H16O3. The van der Waals surface area contributed by atoms with Gasteiger partial charge in [-0.25, -0.2) is 0 Å². The van der Waals surface area contributed by atoms with E-state index in [1.807, 2.05) is 19.9 Å². The summed E-state index contributed by atoms with van der Waals surface area (Å²) in [5.74, 6) is -0.114. The molecule has 1 saturated heterocycles. The van der Waals surface area contributed by atoms with Crippen molar-refractivity contribution < 1.29 is 14.6 Å². The first kappa shape index (κ1) is 10.1. The maximum absolute atomic E-state index is 9.81. The van der Waals surface area contributed by atoms with Crippen LogP contribution in [0.3, 0.4) is 0 Å². The highest BCUT2D eigenvalue weighted by molar-refractivity contribution is 5.42. The summed E-state index contributed by atoms with van der Waals surface area (Å²) in [6.07, 6.45) is 1.79. The van der Waals surface area contributed by atoms with Gasteiger partial charge in [0.25, 0.3) is 0 Å². The second kappa shape index (κ2) is 3.22. The highest BCUT2D eigenvalue weighted by Crippen LogP contribution is 2.38. The molecule has 3 nitrogen and oxygen atoms in total. The number of hydrogen-bond donors (Lipinski definition) is 1. The smallest absolute Gasteiger partial charge is 0.163 e. The van der Waals surface area contributed by atoms with Crippen molar-refractivity contribution in [3.05, 3.63) is 29.3 Å². The molecule has 1 aliphatic heterocycles. The predicted octanol–water partition coefficient (Wildman–Crippen LogP) is 2.01. The van der Waals surface area contributed by atoms with Crippen LogP contribution in [0.5, 0.6) is 5.75 Å². The Kier molecular flexibility index (Phi) is 2.03. The van der Waals surface area contributed by atoms with E-state index < -0.39 is 5.79 Å². The van der Waals surface area contributed by atoms with Gasteiger partial charge >= 0.3 is 0 Å². The lowest BCUT2D eigenvalue weighted by molar-refractivity contribution is -0.145. The van der Waals surface area contributed by atoms with E-state index in [1.54, 1.807) is 6.07 Å². The molecule has 1 aromatic rings. The van der Waals surface area contributed by atoms with Crippen LogP contribution < -0.4 is 0 Å². The van der Waals surface area contributed by atoms with Crippen LogP contribution in [-0.2, 0) is 22.3 Å². The molecule has 2 aliphatic rings. The Bertz CT molecular complexity index is 425. The first-order chi connectivity index (χ1) is 7.55. The third kappa shape index (κ3) is 1.51. The summed E-state index contributed by atoms with van der Waals surface area (Å²) in [7, 11) is 0. The van der Waals surface area contributed by atoms with E-state index >= 15 is 0 Å². The minimum Gasteiger partial charge on any atom is -0.508 e. The van der Waals surface area contributed by atoms with Gasteiger partial charge in [0.15, 0.2) is 5.79 Å². The normalized spacial score (nSPS) is 30.9. The molecule has 0 radical (unpaired) electrons. The van der Waals surface area contributed by atoms with Crippen molar-refractivity contribution in [2.24, 2.45) is 0 Å². The molecule has 3 rings (SSSR count). The molecule has 86 valence electrons. The molecule has 1 fully saturated rings. The van der Waals surface area contributed by atoms with Crippen molar-refractivity contribution in [3.8, 4) is 5.75 Å². The first-order valence-corrected chi connectivity index (χ1v) is 5.70. The van der Waals surface area contributed by atoms with Gasteiger partial charge in [-0.2, -0.15) is 0 Å². The number of phenolic OH excluding ortho intramolecular Hbond substituents is 1. The third-order valence-corrected chi connectivity index (χ3v) is 3.36. The summed E-state index contributed by atoms with van der Waals surface area (Å²) < 4.78 is 11.7. The van der Waals surface area contributed by atoms with Crippen LogP contribution in [0.15, 0.2) is 18.2 Å². The average molecular weight is 220 g/mol. The summed E-state index contributed by atoms with van der Waals surface area (Å²) in [5, 5.41) is 9.81. The van der Waals surface area contributed by atoms with Crippen LogP contribution in [0.4, 0.5) is 0 Å². The summed E-state index contributed by atoms with van der Waals surface area (Å²) in [6, 6.07) is 5.68. The van der Waals surface area contributed by atoms with Crippen LogP contribution in [0.25, 0.3) is 0 Å². The van der Waals surface area contributed by atoms with E-state index in [9.17, 15) is 5.11 Å². The van der Waals surface area contributed by atoms with Crippen molar-refractivity contribution in [1.82, 2.24) is 0 Å². The monoisotopic (exact) mass is 220 g/mol. The van der Waals surface area contributed by atoms with Gasteiger partial charge in [0.2, 0.25) is 0 Å². The van der Waals surface area contributed by atoms with Crippen molar-refractivity contribution in [1.29, 1.82) is 0 Å². The average Bonchev–Trinajstić information content (AvgIpc) is 2.48. The van der Waals surface area contributed by atoms with Crippen molar-refractivity contribution in [3.63, 3.8) is 0 Å². The molecule has 0 bridgehead atoms. The number of benzene rings is 1. The molecule has 3 heteroatoms.